The highest BCUT2D eigenvalue weighted by Crippen LogP contribution is 2.32. The number of benzene rings is 1. The van der Waals surface area contributed by atoms with Crippen molar-refractivity contribution in [1.29, 1.82) is 0 Å². The predicted molar refractivity (Wildman–Crippen MR) is 85.0 cm³/mol. The van der Waals surface area contributed by atoms with E-state index in [-0.39, 0.29) is 37.2 Å². The minimum Gasteiger partial charge on any atom is -0.376 e. The van der Waals surface area contributed by atoms with Gasteiger partial charge in [0.15, 0.2) is 0 Å². The maximum Gasteiger partial charge on any atom is 0.255 e. The summed E-state index contributed by atoms with van der Waals surface area (Å²) in [4.78, 5) is 48.8. The van der Waals surface area contributed by atoms with Crippen molar-refractivity contribution in [2.45, 2.75) is 25.4 Å². The van der Waals surface area contributed by atoms with Crippen LogP contribution in [0, 0.1) is 0 Å². The van der Waals surface area contributed by atoms with Crippen LogP contribution in [0.3, 0.4) is 0 Å². The molecule has 24 heavy (non-hydrogen) atoms. The molecule has 0 spiro atoms. The minimum absolute atomic E-state index is 0.0968. The number of hydrogen-bond donors (Lipinski definition) is 3. The second-order valence-electron chi connectivity index (χ2n) is 5.76. The zero-order valence-corrected chi connectivity index (χ0v) is 13.2. The molecule has 3 rings (SSSR count). The lowest BCUT2D eigenvalue weighted by Gasteiger charge is -2.29. The number of carbonyl (C=O) groups is 4. The maximum atomic E-state index is 12.6. The Morgan fingerprint density at radius 3 is 2.83 bits per heavy atom. The average molecular weight is 330 g/mol. The van der Waals surface area contributed by atoms with Gasteiger partial charge in [0.1, 0.15) is 6.04 Å². The Kier molecular flexibility index (Phi) is 4.20. The number of imide groups is 1. The maximum absolute atomic E-state index is 12.6. The number of hydrogen-bond acceptors (Lipinski definition) is 5. The van der Waals surface area contributed by atoms with Crippen molar-refractivity contribution in [2.75, 3.05) is 18.9 Å². The molecule has 3 N–H and O–H groups in total. The van der Waals surface area contributed by atoms with Crippen LogP contribution >= 0.6 is 0 Å². The van der Waals surface area contributed by atoms with Crippen molar-refractivity contribution in [3.63, 3.8) is 0 Å². The largest absolute Gasteiger partial charge is 0.376 e. The van der Waals surface area contributed by atoms with Crippen LogP contribution in [-0.4, -0.2) is 48.2 Å². The lowest BCUT2D eigenvalue weighted by Crippen LogP contribution is -2.52. The van der Waals surface area contributed by atoms with Crippen molar-refractivity contribution < 1.29 is 19.2 Å². The molecule has 2 aliphatic heterocycles. The molecule has 0 saturated carbocycles. The summed E-state index contributed by atoms with van der Waals surface area (Å²) in [6, 6.07) is 4.59. The van der Waals surface area contributed by atoms with Crippen LogP contribution in [0.25, 0.3) is 0 Å². The standard InChI is InChI=1S/C16H18N4O4/c1-17-14(22)7-18-11-4-2-3-9-10(11)8-20(16(9)24)12-5-6-13(21)19-15(12)23/h2-4,12,18H,5-8H2,1H3,(H,17,22)(H,19,21,23). The van der Waals surface area contributed by atoms with Crippen LogP contribution in [0.5, 0.6) is 0 Å². The molecular formula is C16H18N4O4. The average Bonchev–Trinajstić information content (AvgIpc) is 2.90. The summed E-state index contributed by atoms with van der Waals surface area (Å²) in [5.74, 6) is -1.15. The van der Waals surface area contributed by atoms with Crippen molar-refractivity contribution in [3.8, 4) is 0 Å². The van der Waals surface area contributed by atoms with Gasteiger partial charge < -0.3 is 15.5 Å². The molecule has 0 aromatic heterocycles. The van der Waals surface area contributed by atoms with Crippen molar-refractivity contribution >= 4 is 29.3 Å². The van der Waals surface area contributed by atoms with E-state index in [9.17, 15) is 19.2 Å². The van der Waals surface area contributed by atoms with Gasteiger partial charge in [-0.3, -0.25) is 24.5 Å². The van der Waals surface area contributed by atoms with Crippen molar-refractivity contribution in [3.05, 3.63) is 29.3 Å². The summed E-state index contributed by atoms with van der Waals surface area (Å²) in [5.41, 5.74) is 1.97. The van der Waals surface area contributed by atoms with Crippen LogP contribution in [0.1, 0.15) is 28.8 Å². The number of fused-ring (bicyclic) bond motifs is 1. The second-order valence-corrected chi connectivity index (χ2v) is 5.76. The van der Waals surface area contributed by atoms with Gasteiger partial charge in [0.25, 0.3) is 5.91 Å². The van der Waals surface area contributed by atoms with Gasteiger partial charge in [-0.05, 0) is 18.6 Å². The normalized spacial score (nSPS) is 19.8. The van der Waals surface area contributed by atoms with Gasteiger partial charge in [-0.15, -0.1) is 0 Å². The van der Waals surface area contributed by atoms with Gasteiger partial charge >= 0.3 is 0 Å². The SMILES string of the molecule is CNC(=O)CNc1cccc2c1CN(C1CCC(=O)NC1=O)C2=O. The molecule has 8 heteroatoms. The molecule has 2 aliphatic rings. The van der Waals surface area contributed by atoms with Crippen LogP contribution in [0.4, 0.5) is 5.69 Å². The van der Waals surface area contributed by atoms with Crippen molar-refractivity contribution in [2.24, 2.45) is 0 Å². The lowest BCUT2D eigenvalue weighted by molar-refractivity contribution is -0.137. The van der Waals surface area contributed by atoms with E-state index >= 15 is 0 Å². The Labute approximate surface area is 138 Å². The van der Waals surface area contributed by atoms with Gasteiger partial charge in [0.05, 0.1) is 6.54 Å². The topological polar surface area (TPSA) is 108 Å². The molecule has 0 radical (unpaired) electrons. The Morgan fingerprint density at radius 2 is 2.12 bits per heavy atom. The number of amides is 4. The Bertz CT molecular complexity index is 731. The van der Waals surface area contributed by atoms with Gasteiger partial charge in [-0.1, -0.05) is 6.07 Å². The third kappa shape index (κ3) is 2.82. The van der Waals surface area contributed by atoms with Gasteiger partial charge in [0.2, 0.25) is 17.7 Å². The fourth-order valence-corrected chi connectivity index (χ4v) is 3.02. The van der Waals surface area contributed by atoms with Crippen LogP contribution in [-0.2, 0) is 20.9 Å². The number of likely N-dealkylation sites (N-methyl/N-ethyl adjacent to an activating group) is 1. The molecule has 2 heterocycles. The minimum atomic E-state index is -0.644. The number of rotatable bonds is 4. The molecule has 4 amide bonds. The zero-order chi connectivity index (χ0) is 17.3. The van der Waals surface area contributed by atoms with Crippen LogP contribution < -0.4 is 16.0 Å². The fraction of sp³-hybridized carbons (Fsp3) is 0.375. The highest BCUT2D eigenvalue weighted by Gasteiger charge is 2.39. The highest BCUT2D eigenvalue weighted by atomic mass is 16.2. The quantitative estimate of drug-likeness (QED) is 0.652. The molecule has 0 bridgehead atoms. The Morgan fingerprint density at radius 1 is 1.33 bits per heavy atom. The van der Waals surface area contributed by atoms with Gasteiger partial charge in [0, 0.05) is 36.8 Å². The van der Waals surface area contributed by atoms with E-state index in [1.807, 2.05) is 0 Å². The molecule has 1 atom stereocenters. The number of anilines is 1. The van der Waals surface area contributed by atoms with Gasteiger partial charge in [-0.2, -0.15) is 0 Å². The third-order valence-electron chi connectivity index (χ3n) is 4.30. The van der Waals surface area contributed by atoms with Crippen LogP contribution in [0.15, 0.2) is 18.2 Å². The van der Waals surface area contributed by atoms with E-state index in [0.29, 0.717) is 17.7 Å². The first kappa shape index (κ1) is 16.0. The molecule has 1 fully saturated rings. The van der Waals surface area contributed by atoms with E-state index in [0.717, 1.165) is 5.56 Å². The van der Waals surface area contributed by atoms with E-state index in [4.69, 9.17) is 0 Å². The lowest BCUT2D eigenvalue weighted by atomic mass is 10.0. The molecule has 1 aromatic carbocycles. The van der Waals surface area contributed by atoms with Crippen molar-refractivity contribution in [1.82, 2.24) is 15.5 Å². The predicted octanol–water partition coefficient (Wildman–Crippen LogP) is -0.394. The highest BCUT2D eigenvalue weighted by molar-refractivity contribution is 6.06. The van der Waals surface area contributed by atoms with E-state index in [1.54, 1.807) is 25.2 Å². The Balaban J connectivity index is 1.81. The van der Waals surface area contributed by atoms with E-state index < -0.39 is 11.9 Å². The number of piperidine rings is 1. The Hall–Kier alpha value is -2.90. The third-order valence-corrected chi connectivity index (χ3v) is 4.30. The fourth-order valence-electron chi connectivity index (χ4n) is 3.02. The summed E-state index contributed by atoms with van der Waals surface area (Å²) in [6.45, 7) is 0.372. The first-order chi connectivity index (χ1) is 11.5. The van der Waals surface area contributed by atoms with Gasteiger partial charge in [-0.25, -0.2) is 0 Å². The van der Waals surface area contributed by atoms with E-state index in [2.05, 4.69) is 16.0 Å². The number of nitrogens with zero attached hydrogens (tertiary/aromatic N) is 1. The smallest absolute Gasteiger partial charge is 0.255 e. The zero-order valence-electron chi connectivity index (χ0n) is 13.2. The molecule has 8 nitrogen and oxygen atoms in total. The molecule has 126 valence electrons. The first-order valence-corrected chi connectivity index (χ1v) is 7.72. The summed E-state index contributed by atoms with van der Waals surface area (Å²) >= 11 is 0. The monoisotopic (exact) mass is 330 g/mol. The summed E-state index contributed by atoms with van der Waals surface area (Å²) in [5, 5.41) is 7.81. The summed E-state index contributed by atoms with van der Waals surface area (Å²) in [6.07, 6.45) is 0.545. The molecule has 1 unspecified atom stereocenters. The molecule has 0 aliphatic carbocycles. The summed E-state index contributed by atoms with van der Waals surface area (Å²) < 4.78 is 0. The molecular weight excluding hydrogens is 312 g/mol. The van der Waals surface area contributed by atoms with E-state index in [1.165, 1.54) is 4.90 Å². The number of carbonyl (C=O) groups excluding carboxylic acids is 4. The second kappa shape index (κ2) is 6.31. The first-order valence-electron chi connectivity index (χ1n) is 7.72. The van der Waals surface area contributed by atoms with Crippen LogP contribution in [0.2, 0.25) is 0 Å². The number of nitrogens with one attached hydrogen (secondary N) is 3. The molecule has 1 aromatic rings. The molecule has 1 saturated heterocycles. The summed E-state index contributed by atoms with van der Waals surface area (Å²) in [7, 11) is 1.55.